The highest BCUT2D eigenvalue weighted by atomic mass is 15.1. The average molecular weight is 330 g/mol. The first-order chi connectivity index (χ1) is 12.2. The lowest BCUT2D eigenvalue weighted by Crippen LogP contribution is -2.19. The first kappa shape index (κ1) is 18.8. The minimum atomic E-state index is 0.479. The maximum absolute atomic E-state index is 5.21. The van der Waals surface area contributed by atoms with Crippen LogP contribution in [0, 0.1) is 24.7 Å². The van der Waals surface area contributed by atoms with Gasteiger partial charge in [-0.15, -0.1) is 12.8 Å². The molecule has 0 unspecified atom stereocenters. The third-order valence-electron chi connectivity index (χ3n) is 4.24. The van der Waals surface area contributed by atoms with E-state index in [0.717, 1.165) is 6.54 Å². The highest BCUT2D eigenvalue weighted by molar-refractivity contribution is 5.34. The third-order valence-corrected chi connectivity index (χ3v) is 4.24. The lowest BCUT2D eigenvalue weighted by molar-refractivity contribution is 0.369. The molecule has 2 heteroatoms. The van der Waals surface area contributed by atoms with E-state index in [0.29, 0.717) is 19.1 Å². The van der Waals surface area contributed by atoms with E-state index in [2.05, 4.69) is 58.5 Å². The van der Waals surface area contributed by atoms with E-state index in [4.69, 9.17) is 12.8 Å². The van der Waals surface area contributed by atoms with Crippen LogP contribution in [-0.4, -0.2) is 25.0 Å². The normalized spacial score (nSPS) is 14.8. The molecular weight excluding hydrogens is 304 g/mol. The molecule has 0 aromatic heterocycles. The van der Waals surface area contributed by atoms with Crippen molar-refractivity contribution in [1.82, 2.24) is 10.2 Å². The summed E-state index contributed by atoms with van der Waals surface area (Å²) in [6.45, 7) is 2.29. The van der Waals surface area contributed by atoms with Gasteiger partial charge in [0.25, 0.3) is 0 Å². The molecule has 1 aliphatic rings. The van der Waals surface area contributed by atoms with Crippen molar-refractivity contribution in [2.75, 3.05) is 20.1 Å². The Labute approximate surface area is 152 Å². The van der Waals surface area contributed by atoms with Gasteiger partial charge in [-0.05, 0) is 36.6 Å². The van der Waals surface area contributed by atoms with E-state index in [9.17, 15) is 0 Å². The van der Waals surface area contributed by atoms with Crippen LogP contribution in [0.1, 0.15) is 29.2 Å². The number of fused-ring (bicyclic) bond motifs is 1. The molecule has 0 radical (unpaired) electrons. The van der Waals surface area contributed by atoms with Crippen LogP contribution >= 0.6 is 0 Å². The van der Waals surface area contributed by atoms with Gasteiger partial charge in [-0.2, -0.15) is 0 Å². The molecule has 0 saturated heterocycles. The van der Waals surface area contributed by atoms with Crippen LogP contribution in [0.5, 0.6) is 0 Å². The molecule has 25 heavy (non-hydrogen) atoms. The Morgan fingerprint density at radius 3 is 2.48 bits per heavy atom. The summed E-state index contributed by atoms with van der Waals surface area (Å²) < 4.78 is 0. The summed E-state index contributed by atoms with van der Waals surface area (Å²) in [6, 6.07) is 19.4. The molecule has 128 valence electrons. The average Bonchev–Trinajstić information content (AvgIpc) is 3.05. The molecule has 1 N–H and O–H groups in total. The van der Waals surface area contributed by atoms with Crippen LogP contribution in [0.25, 0.3) is 0 Å². The predicted molar refractivity (Wildman–Crippen MR) is 106 cm³/mol. The van der Waals surface area contributed by atoms with Crippen LogP contribution in [-0.2, 0) is 13.0 Å². The zero-order valence-electron chi connectivity index (χ0n) is 14.9. The topological polar surface area (TPSA) is 15.3 Å². The van der Waals surface area contributed by atoms with E-state index >= 15 is 0 Å². The lowest BCUT2D eigenvalue weighted by atomic mass is 10.1. The Bertz CT molecular complexity index is 722. The number of hydrogen-bond acceptors (Lipinski definition) is 2. The van der Waals surface area contributed by atoms with Crippen molar-refractivity contribution >= 4 is 0 Å². The number of aryl methyl sites for hydroxylation is 1. The molecular formula is C23H26N2. The van der Waals surface area contributed by atoms with Gasteiger partial charge in [-0.1, -0.05) is 66.4 Å². The fraction of sp³-hybridized carbons (Fsp3) is 0.304. The number of hydrogen-bond donors (Lipinski definition) is 1. The Morgan fingerprint density at radius 2 is 1.76 bits per heavy atom. The summed E-state index contributed by atoms with van der Waals surface area (Å²) in [5.41, 5.74) is 4.20. The number of rotatable bonds is 5. The summed E-state index contributed by atoms with van der Waals surface area (Å²) in [6.07, 6.45) is 12.8. The summed E-state index contributed by atoms with van der Waals surface area (Å²) in [5.74, 6) is 5.23. The zero-order chi connectivity index (χ0) is 17.9. The van der Waals surface area contributed by atoms with E-state index in [1.807, 2.05) is 25.2 Å². The van der Waals surface area contributed by atoms with Gasteiger partial charge in [0.2, 0.25) is 0 Å². The van der Waals surface area contributed by atoms with Gasteiger partial charge in [0, 0.05) is 12.6 Å². The third kappa shape index (κ3) is 6.12. The molecule has 0 saturated carbocycles. The number of terminal acetylenes is 2. The van der Waals surface area contributed by atoms with Gasteiger partial charge in [-0.3, -0.25) is 10.2 Å². The van der Waals surface area contributed by atoms with Crippen LogP contribution in [0.15, 0.2) is 54.6 Å². The maximum atomic E-state index is 5.21. The van der Waals surface area contributed by atoms with Gasteiger partial charge in [0.05, 0.1) is 13.1 Å². The van der Waals surface area contributed by atoms with Gasteiger partial charge < -0.3 is 0 Å². The maximum Gasteiger partial charge on any atom is 0.0599 e. The molecule has 2 nitrogen and oxygen atoms in total. The van der Waals surface area contributed by atoms with Crippen molar-refractivity contribution < 1.29 is 0 Å². The largest absolute Gasteiger partial charge is 0.299 e. The monoisotopic (exact) mass is 330 g/mol. The number of benzene rings is 2. The SMILES string of the molecule is C#CCN(C)Cc1ccccc1.C#CCN[C@@H]1CCc2ccccc21. The molecule has 0 fully saturated rings. The highest BCUT2D eigenvalue weighted by Crippen LogP contribution is 2.30. The highest BCUT2D eigenvalue weighted by Gasteiger charge is 2.20. The molecule has 0 amide bonds. The van der Waals surface area contributed by atoms with Crippen molar-refractivity contribution in [3.8, 4) is 24.7 Å². The molecule has 0 spiro atoms. The molecule has 2 aromatic carbocycles. The summed E-state index contributed by atoms with van der Waals surface area (Å²) >= 11 is 0. The van der Waals surface area contributed by atoms with Crippen LogP contribution in [0.4, 0.5) is 0 Å². The minimum Gasteiger partial charge on any atom is -0.299 e. The van der Waals surface area contributed by atoms with Crippen molar-refractivity contribution in [3.05, 3.63) is 71.3 Å². The molecule has 0 aliphatic heterocycles. The summed E-state index contributed by atoms with van der Waals surface area (Å²) in [7, 11) is 2.02. The second-order valence-electron chi connectivity index (χ2n) is 6.24. The van der Waals surface area contributed by atoms with Crippen LogP contribution in [0.2, 0.25) is 0 Å². The molecule has 2 aromatic rings. The fourth-order valence-electron chi connectivity index (χ4n) is 3.06. The lowest BCUT2D eigenvalue weighted by Gasteiger charge is -2.12. The Kier molecular flexibility index (Phi) is 7.80. The molecule has 3 rings (SSSR count). The van der Waals surface area contributed by atoms with Crippen LogP contribution in [0.3, 0.4) is 0 Å². The zero-order valence-corrected chi connectivity index (χ0v) is 14.9. The first-order valence-electron chi connectivity index (χ1n) is 8.65. The second-order valence-corrected chi connectivity index (χ2v) is 6.24. The molecule has 0 bridgehead atoms. The van der Waals surface area contributed by atoms with E-state index in [1.165, 1.54) is 29.5 Å². The number of nitrogens with zero attached hydrogens (tertiary/aromatic N) is 1. The molecule has 0 heterocycles. The van der Waals surface area contributed by atoms with Gasteiger partial charge in [0.1, 0.15) is 0 Å². The first-order valence-corrected chi connectivity index (χ1v) is 8.65. The standard InChI is InChI=1S/C12H13N.C11H13N/c1-2-9-13-12-8-7-10-5-3-4-6-11(10)12;1-3-9-12(2)10-11-7-5-4-6-8-11/h1,3-6,12-13H,7-9H2;1,4-8H,9-10H2,2H3/t12-;/m1./s1. The van der Waals surface area contributed by atoms with Crippen molar-refractivity contribution in [3.63, 3.8) is 0 Å². The van der Waals surface area contributed by atoms with Crippen molar-refractivity contribution in [1.29, 1.82) is 0 Å². The van der Waals surface area contributed by atoms with E-state index in [-0.39, 0.29) is 0 Å². The van der Waals surface area contributed by atoms with Crippen LogP contribution < -0.4 is 5.32 Å². The quantitative estimate of drug-likeness (QED) is 0.842. The van der Waals surface area contributed by atoms with Gasteiger partial charge in [-0.25, -0.2) is 0 Å². The minimum absolute atomic E-state index is 0.479. The Hall–Kier alpha value is -2.52. The van der Waals surface area contributed by atoms with E-state index < -0.39 is 0 Å². The molecule has 1 atom stereocenters. The Balaban J connectivity index is 0.000000181. The van der Waals surface area contributed by atoms with Crippen molar-refractivity contribution in [2.45, 2.75) is 25.4 Å². The van der Waals surface area contributed by atoms with Crippen molar-refractivity contribution in [2.24, 2.45) is 0 Å². The van der Waals surface area contributed by atoms with Gasteiger partial charge in [0.15, 0.2) is 0 Å². The second kappa shape index (κ2) is 10.4. The fourth-order valence-corrected chi connectivity index (χ4v) is 3.06. The smallest absolute Gasteiger partial charge is 0.0599 e. The van der Waals surface area contributed by atoms with Gasteiger partial charge >= 0.3 is 0 Å². The predicted octanol–water partition coefficient (Wildman–Crippen LogP) is 3.65. The molecule has 1 aliphatic carbocycles. The Morgan fingerprint density at radius 1 is 1.04 bits per heavy atom. The summed E-state index contributed by atoms with van der Waals surface area (Å²) in [5, 5.41) is 3.35. The number of nitrogens with one attached hydrogen (secondary N) is 1. The summed E-state index contributed by atoms with van der Waals surface area (Å²) in [4.78, 5) is 2.11. The van der Waals surface area contributed by atoms with E-state index in [1.54, 1.807) is 0 Å².